The van der Waals surface area contributed by atoms with Crippen molar-refractivity contribution in [2.24, 2.45) is 7.05 Å². The Morgan fingerprint density at radius 3 is 2.85 bits per heavy atom. The molecule has 1 aliphatic rings. The number of carbonyl (C=O) groups excluding carboxylic acids is 1. The molecule has 2 atom stereocenters. The number of aromatic nitrogens is 2. The summed E-state index contributed by atoms with van der Waals surface area (Å²) >= 11 is 12.0. The summed E-state index contributed by atoms with van der Waals surface area (Å²) in [5, 5.41) is 8.20. The SMILES string of the molecule is CNC(C(=O)N1CCCC(Oc2ccc(Cl)c(Cl)c2)C1)c1cnn(C)c1. The number of hydrogen-bond acceptors (Lipinski definition) is 4. The Kier molecular flexibility index (Phi) is 6.06. The van der Waals surface area contributed by atoms with E-state index in [1.54, 1.807) is 36.1 Å². The molecule has 2 unspecified atom stereocenters. The molecule has 0 aliphatic carbocycles. The molecule has 8 heteroatoms. The van der Waals surface area contributed by atoms with Crippen molar-refractivity contribution in [3.05, 3.63) is 46.2 Å². The molecule has 0 bridgehead atoms. The van der Waals surface area contributed by atoms with Crippen molar-refractivity contribution in [3.8, 4) is 5.75 Å². The van der Waals surface area contributed by atoms with Gasteiger partial charge in [0.25, 0.3) is 0 Å². The van der Waals surface area contributed by atoms with Crippen LogP contribution in [-0.2, 0) is 11.8 Å². The van der Waals surface area contributed by atoms with E-state index in [1.165, 1.54) is 0 Å². The quantitative estimate of drug-likeness (QED) is 0.843. The van der Waals surface area contributed by atoms with Crippen LogP contribution in [0.4, 0.5) is 0 Å². The van der Waals surface area contributed by atoms with Crippen LogP contribution in [0.15, 0.2) is 30.6 Å². The van der Waals surface area contributed by atoms with Crippen molar-refractivity contribution in [1.82, 2.24) is 20.0 Å². The number of ether oxygens (including phenoxy) is 1. The van der Waals surface area contributed by atoms with Gasteiger partial charge >= 0.3 is 0 Å². The van der Waals surface area contributed by atoms with Crippen LogP contribution in [0.25, 0.3) is 0 Å². The van der Waals surface area contributed by atoms with Gasteiger partial charge in [-0.25, -0.2) is 0 Å². The van der Waals surface area contributed by atoms with Crippen LogP contribution < -0.4 is 10.1 Å². The van der Waals surface area contributed by atoms with E-state index >= 15 is 0 Å². The van der Waals surface area contributed by atoms with Crippen molar-refractivity contribution >= 4 is 29.1 Å². The molecule has 0 saturated carbocycles. The van der Waals surface area contributed by atoms with E-state index in [0.717, 1.165) is 24.9 Å². The number of amides is 1. The highest BCUT2D eigenvalue weighted by Gasteiger charge is 2.30. The number of nitrogens with zero attached hydrogens (tertiary/aromatic N) is 3. The van der Waals surface area contributed by atoms with E-state index in [4.69, 9.17) is 27.9 Å². The predicted molar refractivity (Wildman–Crippen MR) is 102 cm³/mol. The van der Waals surface area contributed by atoms with Gasteiger partial charge in [-0.3, -0.25) is 9.48 Å². The summed E-state index contributed by atoms with van der Waals surface area (Å²) in [6, 6.07) is 4.80. The predicted octanol–water partition coefficient (Wildman–Crippen LogP) is 3.06. The highest BCUT2D eigenvalue weighted by Crippen LogP contribution is 2.28. The zero-order valence-electron chi connectivity index (χ0n) is 14.8. The van der Waals surface area contributed by atoms with Gasteiger partial charge in [0.05, 0.1) is 22.8 Å². The van der Waals surface area contributed by atoms with Crippen LogP contribution in [0.1, 0.15) is 24.4 Å². The second kappa shape index (κ2) is 8.29. The molecular weight excluding hydrogens is 375 g/mol. The van der Waals surface area contributed by atoms with Crippen molar-refractivity contribution in [2.75, 3.05) is 20.1 Å². The number of likely N-dealkylation sites (tertiary alicyclic amines) is 1. The van der Waals surface area contributed by atoms with Gasteiger partial charge in [-0.05, 0) is 32.0 Å². The van der Waals surface area contributed by atoms with Gasteiger partial charge in [0.15, 0.2) is 0 Å². The zero-order chi connectivity index (χ0) is 18.7. The number of carbonyl (C=O) groups is 1. The van der Waals surface area contributed by atoms with Crippen LogP contribution in [0, 0.1) is 0 Å². The number of aryl methyl sites for hydroxylation is 1. The molecule has 0 radical (unpaired) electrons. The van der Waals surface area contributed by atoms with E-state index in [-0.39, 0.29) is 12.0 Å². The zero-order valence-corrected chi connectivity index (χ0v) is 16.3. The molecule has 2 heterocycles. The van der Waals surface area contributed by atoms with E-state index in [2.05, 4.69) is 10.4 Å². The van der Waals surface area contributed by atoms with Crippen molar-refractivity contribution in [2.45, 2.75) is 25.0 Å². The van der Waals surface area contributed by atoms with Crippen LogP contribution in [0.3, 0.4) is 0 Å². The molecule has 3 rings (SSSR count). The van der Waals surface area contributed by atoms with Crippen LogP contribution >= 0.6 is 23.2 Å². The fourth-order valence-electron chi connectivity index (χ4n) is 3.18. The molecule has 0 spiro atoms. The lowest BCUT2D eigenvalue weighted by atomic mass is 10.0. The second-order valence-corrected chi connectivity index (χ2v) is 7.23. The number of piperidine rings is 1. The standard InChI is InChI=1S/C18H22Cl2N4O2/c1-21-17(12-9-22-23(2)10-12)18(25)24-7-3-4-14(11-24)26-13-5-6-15(19)16(20)8-13/h5-6,8-10,14,17,21H,3-4,7,11H2,1-2H3. The van der Waals surface area contributed by atoms with Gasteiger partial charge in [-0.15, -0.1) is 0 Å². The summed E-state index contributed by atoms with van der Waals surface area (Å²) < 4.78 is 7.71. The summed E-state index contributed by atoms with van der Waals surface area (Å²) in [4.78, 5) is 14.8. The maximum absolute atomic E-state index is 13.0. The molecule has 1 aromatic heterocycles. The Labute approximate surface area is 163 Å². The van der Waals surface area contributed by atoms with Gasteiger partial charge in [0.2, 0.25) is 5.91 Å². The maximum Gasteiger partial charge on any atom is 0.244 e. The minimum atomic E-state index is -0.410. The minimum absolute atomic E-state index is 0.0305. The number of hydrogen-bond donors (Lipinski definition) is 1. The minimum Gasteiger partial charge on any atom is -0.489 e. The Morgan fingerprint density at radius 1 is 1.38 bits per heavy atom. The van der Waals surface area contributed by atoms with Crippen molar-refractivity contribution in [1.29, 1.82) is 0 Å². The monoisotopic (exact) mass is 396 g/mol. The lowest BCUT2D eigenvalue weighted by molar-refractivity contribution is -0.136. The summed E-state index contributed by atoms with van der Waals surface area (Å²) in [7, 11) is 3.62. The Balaban J connectivity index is 1.67. The third kappa shape index (κ3) is 4.31. The molecule has 1 aliphatic heterocycles. The van der Waals surface area contributed by atoms with Crippen LogP contribution in [-0.4, -0.2) is 46.8 Å². The number of halogens is 2. The van der Waals surface area contributed by atoms with Gasteiger partial charge in [-0.2, -0.15) is 5.10 Å². The molecule has 1 saturated heterocycles. The first-order valence-corrected chi connectivity index (χ1v) is 9.30. The molecule has 1 amide bonds. The second-order valence-electron chi connectivity index (χ2n) is 6.41. The van der Waals surface area contributed by atoms with E-state index in [1.807, 2.05) is 18.1 Å². The highest BCUT2D eigenvalue weighted by atomic mass is 35.5. The summed E-state index contributed by atoms with van der Waals surface area (Å²) in [5.74, 6) is 0.694. The lowest BCUT2D eigenvalue weighted by Gasteiger charge is -2.34. The molecule has 1 aromatic carbocycles. The van der Waals surface area contributed by atoms with Crippen LogP contribution in [0.2, 0.25) is 10.0 Å². The van der Waals surface area contributed by atoms with Gasteiger partial charge in [-0.1, -0.05) is 23.2 Å². The molecule has 6 nitrogen and oxygen atoms in total. The first-order valence-electron chi connectivity index (χ1n) is 8.54. The molecular formula is C18H22Cl2N4O2. The number of benzene rings is 1. The Bertz CT molecular complexity index is 780. The molecule has 1 fully saturated rings. The van der Waals surface area contributed by atoms with Gasteiger partial charge in [0.1, 0.15) is 17.9 Å². The Hall–Kier alpha value is -1.76. The first kappa shape index (κ1) is 19.0. The third-order valence-electron chi connectivity index (χ3n) is 4.48. The topological polar surface area (TPSA) is 59.4 Å². The largest absolute Gasteiger partial charge is 0.489 e. The average molecular weight is 397 g/mol. The van der Waals surface area contributed by atoms with Crippen molar-refractivity contribution in [3.63, 3.8) is 0 Å². The van der Waals surface area contributed by atoms with E-state index in [9.17, 15) is 4.79 Å². The summed E-state index contributed by atoms with van der Waals surface area (Å²) in [6.07, 6.45) is 5.28. The first-order chi connectivity index (χ1) is 12.5. The normalized spacial score (nSPS) is 18.6. The molecule has 140 valence electrons. The fourth-order valence-corrected chi connectivity index (χ4v) is 3.47. The molecule has 1 N–H and O–H groups in total. The molecule has 2 aromatic rings. The summed E-state index contributed by atoms with van der Waals surface area (Å²) in [5.41, 5.74) is 0.854. The van der Waals surface area contributed by atoms with E-state index in [0.29, 0.717) is 22.3 Å². The summed E-state index contributed by atoms with van der Waals surface area (Å²) in [6.45, 7) is 1.26. The van der Waals surface area contributed by atoms with E-state index < -0.39 is 6.04 Å². The van der Waals surface area contributed by atoms with Gasteiger partial charge in [0, 0.05) is 31.4 Å². The van der Waals surface area contributed by atoms with Gasteiger partial charge < -0.3 is 15.0 Å². The molecule has 26 heavy (non-hydrogen) atoms. The highest BCUT2D eigenvalue weighted by molar-refractivity contribution is 6.42. The maximum atomic E-state index is 13.0. The fraction of sp³-hybridized carbons (Fsp3) is 0.444. The van der Waals surface area contributed by atoms with Crippen molar-refractivity contribution < 1.29 is 9.53 Å². The smallest absolute Gasteiger partial charge is 0.244 e. The number of likely N-dealkylation sites (N-methyl/N-ethyl adjacent to an activating group) is 1. The third-order valence-corrected chi connectivity index (χ3v) is 5.22. The lowest BCUT2D eigenvalue weighted by Crippen LogP contribution is -2.48. The van der Waals surface area contributed by atoms with Crippen LogP contribution in [0.5, 0.6) is 5.75 Å². The number of nitrogens with one attached hydrogen (secondary N) is 1. The average Bonchev–Trinajstić information content (AvgIpc) is 3.05. The number of rotatable bonds is 5. The Morgan fingerprint density at radius 2 is 2.19 bits per heavy atom.